The number of anilines is 2. The molecule has 2 saturated carbocycles. The van der Waals surface area contributed by atoms with Crippen molar-refractivity contribution in [1.29, 1.82) is 0 Å². The first-order valence-corrected chi connectivity index (χ1v) is 27.0. The number of para-hydroxylation sites is 2. The number of fused-ring (bicyclic) bond motifs is 10. The summed E-state index contributed by atoms with van der Waals surface area (Å²) >= 11 is 0. The van der Waals surface area contributed by atoms with Crippen LogP contribution in [0, 0.1) is 0 Å². The lowest BCUT2D eigenvalue weighted by molar-refractivity contribution is -0.116. The van der Waals surface area contributed by atoms with Crippen LogP contribution in [-0.4, -0.2) is 93.6 Å². The first-order valence-electron chi connectivity index (χ1n) is 24.1. The van der Waals surface area contributed by atoms with Crippen molar-refractivity contribution in [3.05, 3.63) is 107 Å². The third kappa shape index (κ3) is 9.29. The van der Waals surface area contributed by atoms with E-state index in [1.165, 1.54) is 107 Å². The van der Waals surface area contributed by atoms with Gasteiger partial charge >= 0.3 is 20.4 Å². The molecule has 3 amide bonds. The Kier molecular flexibility index (Phi) is 13.5. The topological polar surface area (TPSA) is 175 Å². The minimum absolute atomic E-state index is 0.00863. The Morgan fingerprint density at radius 1 is 0.580 bits per heavy atom. The molecule has 2 fully saturated rings. The maximum atomic E-state index is 12.9. The molecule has 0 atom stereocenters. The molecule has 364 valence electrons. The number of hydrogen-bond donors (Lipinski definition) is 3. The first-order chi connectivity index (χ1) is 33.1. The van der Waals surface area contributed by atoms with Crippen LogP contribution in [0.25, 0.3) is 44.3 Å². The highest BCUT2D eigenvalue weighted by atomic mass is 32.2. The summed E-state index contributed by atoms with van der Waals surface area (Å²) in [6, 6.07) is 27.5. The van der Waals surface area contributed by atoms with Crippen molar-refractivity contribution in [2.24, 2.45) is 0 Å². The van der Waals surface area contributed by atoms with E-state index < -0.39 is 32.2 Å². The Balaban J connectivity index is 0.000000172. The summed E-state index contributed by atoms with van der Waals surface area (Å²) < 4.78 is 59.7. The number of nitrogens with one attached hydrogen (secondary N) is 3. The highest BCUT2D eigenvalue weighted by Gasteiger charge is 2.33. The minimum atomic E-state index is -3.91. The molecule has 0 bridgehead atoms. The van der Waals surface area contributed by atoms with Crippen molar-refractivity contribution in [2.45, 2.75) is 96.1 Å². The number of benzene rings is 4. The van der Waals surface area contributed by atoms with E-state index in [1.54, 1.807) is 25.1 Å². The molecule has 17 heteroatoms. The van der Waals surface area contributed by atoms with E-state index in [0.717, 1.165) is 73.6 Å². The van der Waals surface area contributed by atoms with Gasteiger partial charge in [-0.1, -0.05) is 87.1 Å². The Bertz CT molecular complexity index is 3200. The maximum Gasteiger partial charge on any atom is 0.303 e. The Morgan fingerprint density at radius 3 is 1.55 bits per heavy atom. The number of rotatable bonds is 8. The van der Waals surface area contributed by atoms with Gasteiger partial charge in [0.05, 0.1) is 17.1 Å². The van der Waals surface area contributed by atoms with E-state index in [4.69, 9.17) is 0 Å². The van der Waals surface area contributed by atoms with Gasteiger partial charge in [0.15, 0.2) is 0 Å². The van der Waals surface area contributed by atoms with Crippen LogP contribution in [0.2, 0.25) is 0 Å². The van der Waals surface area contributed by atoms with Gasteiger partial charge < -0.3 is 19.4 Å². The zero-order valence-corrected chi connectivity index (χ0v) is 41.7. The standard InChI is InChI=1S/C27H32N4O4S.C25H30N4O3S/c1-18(32)30-15-16-31-24-17-20(27(33)28-36(34,35)29(2)3)13-14-21(24)25(19-9-5-4-6-10-19)26(31)22-11-7-8-12-23(22)30;1-28(2)33(31,32)27-25(30)18-12-13-20-22(16-18)29-15-14-26-21-11-7-6-10-19(21)24(29)23(20)17-8-4-3-5-9-17/h7-8,11-14,17,19H,4-6,9-10,15-16H2,1-3H3,(H,28,33);6-7,10-13,16-17,26H,3-5,8-9,14-15H2,1-2H3,(H,27,30). The van der Waals surface area contributed by atoms with Crippen LogP contribution in [0.5, 0.6) is 0 Å². The molecule has 10 rings (SSSR count). The van der Waals surface area contributed by atoms with Crippen LogP contribution in [0.4, 0.5) is 11.4 Å². The zero-order valence-electron chi connectivity index (χ0n) is 40.0. The van der Waals surface area contributed by atoms with Gasteiger partial charge in [0, 0.05) is 111 Å². The molecule has 4 aliphatic rings. The number of amides is 3. The monoisotopic (exact) mass is 974 g/mol. The Hall–Kier alpha value is -6.01. The molecule has 2 aliphatic heterocycles. The summed E-state index contributed by atoms with van der Waals surface area (Å²) in [5, 5.41) is 5.81. The number of hydrogen-bond acceptors (Lipinski definition) is 8. The van der Waals surface area contributed by atoms with Gasteiger partial charge in [0.2, 0.25) is 5.91 Å². The predicted octanol–water partition coefficient (Wildman–Crippen LogP) is 8.58. The minimum Gasteiger partial charge on any atom is -0.383 e. The van der Waals surface area contributed by atoms with Crippen LogP contribution >= 0.6 is 0 Å². The molecule has 2 aromatic heterocycles. The third-order valence-electron chi connectivity index (χ3n) is 14.4. The number of carbonyl (C=O) groups is 3. The number of carbonyl (C=O) groups excluding carboxylic acids is 3. The second kappa shape index (κ2) is 19.4. The fourth-order valence-corrected chi connectivity index (χ4v) is 12.0. The van der Waals surface area contributed by atoms with E-state index in [-0.39, 0.29) is 11.5 Å². The lowest BCUT2D eigenvalue weighted by atomic mass is 9.81. The molecular formula is C52H62N8O7S2. The molecule has 2 aliphatic carbocycles. The smallest absolute Gasteiger partial charge is 0.303 e. The molecule has 0 unspecified atom stereocenters. The quantitative estimate of drug-likeness (QED) is 0.136. The van der Waals surface area contributed by atoms with Crippen LogP contribution in [0.1, 0.15) is 115 Å². The fraction of sp³-hybridized carbons (Fsp3) is 0.404. The Labute approximate surface area is 405 Å². The summed E-state index contributed by atoms with van der Waals surface area (Å²) in [6.07, 6.45) is 11.9. The third-order valence-corrected chi connectivity index (χ3v) is 17.2. The summed E-state index contributed by atoms with van der Waals surface area (Å²) in [5.74, 6) is -0.418. The summed E-state index contributed by atoms with van der Waals surface area (Å²) in [5.41, 5.74) is 11.7. The largest absolute Gasteiger partial charge is 0.383 e. The van der Waals surface area contributed by atoms with Crippen molar-refractivity contribution in [3.63, 3.8) is 0 Å². The van der Waals surface area contributed by atoms with Crippen molar-refractivity contribution in [3.8, 4) is 22.5 Å². The zero-order chi connectivity index (χ0) is 48.8. The SMILES string of the molecule is CC(=O)N1CCn2c(c(C3CCCCC3)c3ccc(C(=O)NS(=O)(=O)N(C)C)cc32)-c2ccccc21.CN(C)S(=O)(=O)NC(=O)c1ccc2c(C3CCCCC3)c3n(c2c1)CCNc1ccccc1-3. The lowest BCUT2D eigenvalue weighted by Gasteiger charge is -2.24. The second-order valence-corrected chi connectivity index (χ2v) is 22.8. The van der Waals surface area contributed by atoms with Gasteiger partial charge in [-0.05, 0) is 85.0 Å². The van der Waals surface area contributed by atoms with Crippen molar-refractivity contribution in [1.82, 2.24) is 27.2 Å². The highest BCUT2D eigenvalue weighted by Crippen LogP contribution is 2.49. The highest BCUT2D eigenvalue weighted by molar-refractivity contribution is 7.88. The van der Waals surface area contributed by atoms with Crippen LogP contribution in [0.15, 0.2) is 84.9 Å². The molecular weight excluding hydrogens is 913 g/mol. The molecule has 4 heterocycles. The van der Waals surface area contributed by atoms with E-state index in [1.807, 2.05) is 41.3 Å². The summed E-state index contributed by atoms with van der Waals surface area (Å²) in [7, 11) is -2.22. The van der Waals surface area contributed by atoms with Gasteiger partial charge in [-0.2, -0.15) is 25.4 Å². The van der Waals surface area contributed by atoms with Gasteiger partial charge in [0.25, 0.3) is 11.8 Å². The molecule has 69 heavy (non-hydrogen) atoms. The van der Waals surface area contributed by atoms with Crippen LogP contribution < -0.4 is 19.7 Å². The average molecular weight is 975 g/mol. The summed E-state index contributed by atoms with van der Waals surface area (Å²) in [6.45, 7) is 4.23. The van der Waals surface area contributed by atoms with Crippen molar-refractivity contribution >= 4 is 71.3 Å². The first kappa shape index (κ1) is 48.0. The van der Waals surface area contributed by atoms with Crippen molar-refractivity contribution in [2.75, 3.05) is 51.5 Å². The lowest BCUT2D eigenvalue weighted by Crippen LogP contribution is -2.39. The Morgan fingerprint density at radius 2 is 1.04 bits per heavy atom. The van der Waals surface area contributed by atoms with Crippen LogP contribution in [-0.2, 0) is 38.3 Å². The van der Waals surface area contributed by atoms with E-state index in [2.05, 4.69) is 54.2 Å². The normalized spacial score (nSPS) is 16.6. The molecule has 0 spiro atoms. The predicted molar refractivity (Wildman–Crippen MR) is 273 cm³/mol. The van der Waals surface area contributed by atoms with Crippen LogP contribution in [0.3, 0.4) is 0 Å². The van der Waals surface area contributed by atoms with E-state index in [9.17, 15) is 31.2 Å². The number of aromatic nitrogens is 2. The van der Waals surface area contributed by atoms with E-state index >= 15 is 0 Å². The molecule has 4 aromatic carbocycles. The van der Waals surface area contributed by atoms with Gasteiger partial charge in [0.1, 0.15) is 0 Å². The second-order valence-electron chi connectivity index (χ2n) is 19.1. The van der Waals surface area contributed by atoms with Gasteiger partial charge in [-0.25, -0.2) is 9.44 Å². The fourth-order valence-electron chi connectivity index (χ4n) is 10.9. The van der Waals surface area contributed by atoms with Gasteiger partial charge in [-0.3, -0.25) is 14.4 Å². The molecule has 15 nitrogen and oxygen atoms in total. The average Bonchev–Trinajstić information content (AvgIpc) is 3.67. The molecule has 0 saturated heterocycles. The molecule has 6 aromatic rings. The van der Waals surface area contributed by atoms with Gasteiger partial charge in [-0.15, -0.1) is 0 Å². The molecule has 3 N–H and O–H groups in total. The molecule has 0 radical (unpaired) electrons. The van der Waals surface area contributed by atoms with Crippen molar-refractivity contribution < 1.29 is 31.2 Å². The number of nitrogens with zero attached hydrogens (tertiary/aromatic N) is 5. The maximum absolute atomic E-state index is 12.9. The summed E-state index contributed by atoms with van der Waals surface area (Å²) in [4.78, 5) is 40.1. The van der Waals surface area contributed by atoms with E-state index in [0.29, 0.717) is 30.5 Å².